The molecule has 2 atom stereocenters. The molecule has 0 aromatic heterocycles. The second kappa shape index (κ2) is 6.06. The van der Waals surface area contributed by atoms with Gasteiger partial charge in [-0.2, -0.15) is 0 Å². The van der Waals surface area contributed by atoms with E-state index >= 15 is 0 Å². The molecule has 1 N–H and O–H groups in total. The van der Waals surface area contributed by atoms with Crippen LogP contribution in [0.15, 0.2) is 35.2 Å². The second-order valence-electron chi connectivity index (χ2n) is 4.89. The molecule has 1 unspecified atom stereocenters. The number of nitrogens with one attached hydrogen (secondary N) is 1. The van der Waals surface area contributed by atoms with Crippen LogP contribution >= 0.6 is 11.8 Å². The largest absolute Gasteiger partial charge is 0.348 e. The summed E-state index contributed by atoms with van der Waals surface area (Å²) >= 11 is 1.84. The average molecular weight is 267 g/mol. The number of ether oxygens (including phenoxy) is 2. The first-order valence-corrected chi connectivity index (χ1v) is 7.26. The maximum atomic E-state index is 5.89. The lowest BCUT2D eigenvalue weighted by Gasteiger charge is -2.23. The first-order valence-electron chi connectivity index (χ1n) is 6.27. The Morgan fingerprint density at radius 3 is 2.67 bits per heavy atom. The Hall–Kier alpha value is -0.550. The summed E-state index contributed by atoms with van der Waals surface area (Å²) in [5.74, 6) is 0.530. The zero-order valence-electron chi connectivity index (χ0n) is 11.2. The molecule has 0 radical (unpaired) electrons. The standard InChI is InChI=1S/C14H21NO2S/c1-14(2)16-9-13(17-14)12(15-3)10-18-11-7-5-4-6-8-11/h4-8,12-13,15H,9-10H2,1-3H3/t12-,13?/m0/s1. The number of rotatable bonds is 5. The van der Waals surface area contributed by atoms with Crippen molar-refractivity contribution in [2.24, 2.45) is 0 Å². The van der Waals surface area contributed by atoms with Crippen LogP contribution in [0.5, 0.6) is 0 Å². The van der Waals surface area contributed by atoms with Crippen molar-refractivity contribution in [2.45, 2.75) is 36.7 Å². The van der Waals surface area contributed by atoms with Crippen LogP contribution in [0.4, 0.5) is 0 Å². The van der Waals surface area contributed by atoms with Crippen molar-refractivity contribution >= 4 is 11.8 Å². The summed E-state index contributed by atoms with van der Waals surface area (Å²) in [7, 11) is 1.98. The molecule has 4 heteroatoms. The maximum absolute atomic E-state index is 5.89. The summed E-state index contributed by atoms with van der Waals surface area (Å²) < 4.78 is 11.5. The van der Waals surface area contributed by atoms with Crippen molar-refractivity contribution in [1.82, 2.24) is 5.32 Å². The minimum Gasteiger partial charge on any atom is -0.348 e. The number of hydrogen-bond donors (Lipinski definition) is 1. The summed E-state index contributed by atoms with van der Waals surface area (Å²) in [4.78, 5) is 1.29. The van der Waals surface area contributed by atoms with Crippen LogP contribution < -0.4 is 5.32 Å². The number of thioether (sulfide) groups is 1. The Bertz CT molecular complexity index is 369. The third kappa shape index (κ3) is 3.72. The molecule has 1 aromatic carbocycles. The number of hydrogen-bond acceptors (Lipinski definition) is 4. The SMILES string of the molecule is CN[C@@H](CSc1ccccc1)C1COC(C)(C)O1. The van der Waals surface area contributed by atoms with Gasteiger partial charge < -0.3 is 14.8 Å². The van der Waals surface area contributed by atoms with Gasteiger partial charge in [-0.15, -0.1) is 11.8 Å². The predicted octanol–water partition coefficient (Wildman–Crippen LogP) is 2.52. The number of likely N-dealkylation sites (N-methyl/N-ethyl adjacent to an activating group) is 1. The van der Waals surface area contributed by atoms with Gasteiger partial charge in [-0.05, 0) is 33.0 Å². The van der Waals surface area contributed by atoms with Gasteiger partial charge in [0.15, 0.2) is 5.79 Å². The van der Waals surface area contributed by atoms with Crippen LogP contribution in [0.3, 0.4) is 0 Å². The van der Waals surface area contributed by atoms with Crippen LogP contribution in [0, 0.1) is 0 Å². The molecule has 2 rings (SSSR count). The highest BCUT2D eigenvalue weighted by atomic mass is 32.2. The average Bonchev–Trinajstić information content (AvgIpc) is 2.72. The van der Waals surface area contributed by atoms with Gasteiger partial charge in [0, 0.05) is 16.7 Å². The Kier molecular flexibility index (Phi) is 4.67. The van der Waals surface area contributed by atoms with Gasteiger partial charge in [0.25, 0.3) is 0 Å². The Labute approximate surface area is 113 Å². The van der Waals surface area contributed by atoms with Gasteiger partial charge in [0.2, 0.25) is 0 Å². The third-order valence-corrected chi connectivity index (χ3v) is 4.15. The van der Waals surface area contributed by atoms with Crippen molar-refractivity contribution in [3.8, 4) is 0 Å². The monoisotopic (exact) mass is 267 g/mol. The minimum absolute atomic E-state index is 0.126. The molecule has 0 aliphatic carbocycles. The van der Waals surface area contributed by atoms with Crippen molar-refractivity contribution in [1.29, 1.82) is 0 Å². The van der Waals surface area contributed by atoms with E-state index < -0.39 is 5.79 Å². The Morgan fingerprint density at radius 2 is 2.11 bits per heavy atom. The highest BCUT2D eigenvalue weighted by molar-refractivity contribution is 7.99. The van der Waals surface area contributed by atoms with Gasteiger partial charge in [-0.25, -0.2) is 0 Å². The van der Waals surface area contributed by atoms with Crippen LogP contribution in [0.25, 0.3) is 0 Å². The van der Waals surface area contributed by atoms with E-state index in [0.29, 0.717) is 12.6 Å². The molecule has 100 valence electrons. The summed E-state index contributed by atoms with van der Waals surface area (Å²) in [6.07, 6.45) is 0.126. The highest BCUT2D eigenvalue weighted by Gasteiger charge is 2.36. The molecule has 1 fully saturated rings. The molecule has 0 amide bonds. The fourth-order valence-electron chi connectivity index (χ4n) is 1.99. The quantitative estimate of drug-likeness (QED) is 0.830. The van der Waals surface area contributed by atoms with E-state index in [1.165, 1.54) is 4.90 Å². The normalized spacial score (nSPS) is 24.1. The smallest absolute Gasteiger partial charge is 0.163 e. The second-order valence-corrected chi connectivity index (χ2v) is 5.98. The van der Waals surface area contributed by atoms with Crippen LogP contribution in [0.2, 0.25) is 0 Å². The number of benzene rings is 1. The van der Waals surface area contributed by atoms with E-state index in [2.05, 4.69) is 29.6 Å². The fourth-order valence-corrected chi connectivity index (χ4v) is 3.10. The fraction of sp³-hybridized carbons (Fsp3) is 0.571. The van der Waals surface area contributed by atoms with Gasteiger partial charge >= 0.3 is 0 Å². The van der Waals surface area contributed by atoms with Gasteiger partial charge in [-0.3, -0.25) is 0 Å². The van der Waals surface area contributed by atoms with Crippen molar-refractivity contribution < 1.29 is 9.47 Å². The van der Waals surface area contributed by atoms with E-state index in [4.69, 9.17) is 9.47 Å². The molecule has 0 spiro atoms. The van der Waals surface area contributed by atoms with E-state index in [0.717, 1.165) is 5.75 Å². The Morgan fingerprint density at radius 1 is 1.39 bits per heavy atom. The molecule has 1 heterocycles. The first kappa shape index (κ1) is 13.9. The van der Waals surface area contributed by atoms with Gasteiger partial charge in [0.1, 0.15) is 6.10 Å². The van der Waals surface area contributed by atoms with Crippen molar-refractivity contribution in [3.63, 3.8) is 0 Å². The summed E-state index contributed by atoms with van der Waals surface area (Å²) in [5.41, 5.74) is 0. The molecule has 1 aliphatic heterocycles. The van der Waals surface area contributed by atoms with Gasteiger partial charge in [-0.1, -0.05) is 18.2 Å². The van der Waals surface area contributed by atoms with Crippen LogP contribution in [-0.2, 0) is 9.47 Å². The van der Waals surface area contributed by atoms with Crippen LogP contribution in [0.1, 0.15) is 13.8 Å². The topological polar surface area (TPSA) is 30.5 Å². The molecule has 1 aromatic rings. The van der Waals surface area contributed by atoms with Crippen LogP contribution in [-0.4, -0.2) is 37.3 Å². The molecular formula is C14H21NO2S. The van der Waals surface area contributed by atoms with E-state index in [1.807, 2.05) is 38.7 Å². The summed E-state index contributed by atoms with van der Waals surface area (Å²) in [6.45, 7) is 4.59. The lowest BCUT2D eigenvalue weighted by atomic mass is 10.2. The molecule has 0 bridgehead atoms. The van der Waals surface area contributed by atoms with E-state index in [1.54, 1.807) is 0 Å². The first-order chi connectivity index (χ1) is 8.61. The van der Waals surface area contributed by atoms with Crippen molar-refractivity contribution in [2.75, 3.05) is 19.4 Å². The maximum Gasteiger partial charge on any atom is 0.163 e. The lowest BCUT2D eigenvalue weighted by Crippen LogP contribution is -2.42. The van der Waals surface area contributed by atoms with E-state index in [9.17, 15) is 0 Å². The van der Waals surface area contributed by atoms with Crippen molar-refractivity contribution in [3.05, 3.63) is 30.3 Å². The summed E-state index contributed by atoms with van der Waals surface area (Å²) in [6, 6.07) is 10.7. The minimum atomic E-state index is -0.447. The molecular weight excluding hydrogens is 246 g/mol. The van der Waals surface area contributed by atoms with Gasteiger partial charge in [0.05, 0.1) is 6.61 Å². The molecule has 0 saturated carbocycles. The third-order valence-electron chi connectivity index (χ3n) is 3.02. The predicted molar refractivity (Wildman–Crippen MR) is 74.9 cm³/mol. The summed E-state index contributed by atoms with van der Waals surface area (Å²) in [5, 5.41) is 3.33. The zero-order valence-corrected chi connectivity index (χ0v) is 12.0. The molecule has 3 nitrogen and oxygen atoms in total. The van der Waals surface area contributed by atoms with E-state index in [-0.39, 0.29) is 6.10 Å². The zero-order chi connectivity index (χ0) is 13.0. The molecule has 18 heavy (non-hydrogen) atoms. The Balaban J connectivity index is 1.87. The molecule has 1 aliphatic rings. The lowest BCUT2D eigenvalue weighted by molar-refractivity contribution is -0.140. The molecule has 1 saturated heterocycles. The highest BCUT2D eigenvalue weighted by Crippen LogP contribution is 2.27.